The van der Waals surface area contributed by atoms with E-state index in [9.17, 15) is 4.79 Å². The normalized spacial score (nSPS) is 15.5. The second-order valence-corrected chi connectivity index (χ2v) is 8.78. The van der Waals surface area contributed by atoms with Gasteiger partial charge in [0, 0.05) is 50.3 Å². The van der Waals surface area contributed by atoms with E-state index in [0.717, 1.165) is 43.8 Å². The molecule has 3 heterocycles. The first kappa shape index (κ1) is 20.5. The summed E-state index contributed by atoms with van der Waals surface area (Å²) in [5.74, 6) is 0.615. The van der Waals surface area contributed by atoms with Crippen molar-refractivity contribution in [2.24, 2.45) is 0 Å². The van der Waals surface area contributed by atoms with E-state index in [1.807, 2.05) is 15.6 Å². The summed E-state index contributed by atoms with van der Waals surface area (Å²) in [4.78, 5) is 21.9. The van der Waals surface area contributed by atoms with Gasteiger partial charge in [0.1, 0.15) is 0 Å². The minimum absolute atomic E-state index is 0.0580. The molecule has 0 saturated carbocycles. The second-order valence-electron chi connectivity index (χ2n) is 8.78. The van der Waals surface area contributed by atoms with E-state index in [1.54, 1.807) is 12.4 Å². The maximum absolute atomic E-state index is 13.0. The van der Waals surface area contributed by atoms with Crippen molar-refractivity contribution < 1.29 is 4.79 Å². The van der Waals surface area contributed by atoms with Crippen LogP contribution in [0.1, 0.15) is 61.1 Å². The molecule has 1 aliphatic heterocycles. The number of aromatic nitrogens is 3. The largest absolute Gasteiger partial charge is 0.336 e. The Balaban J connectivity index is 1.36. The van der Waals surface area contributed by atoms with Crippen molar-refractivity contribution in [1.82, 2.24) is 24.6 Å². The van der Waals surface area contributed by atoms with E-state index < -0.39 is 0 Å². The molecule has 6 heteroatoms. The van der Waals surface area contributed by atoms with Gasteiger partial charge in [0.15, 0.2) is 5.65 Å². The molecule has 1 saturated heterocycles. The van der Waals surface area contributed by atoms with Gasteiger partial charge in [0.25, 0.3) is 5.91 Å². The number of hydrogen-bond donors (Lipinski definition) is 0. The van der Waals surface area contributed by atoms with Crippen molar-refractivity contribution in [3.63, 3.8) is 0 Å². The molecule has 158 valence electrons. The van der Waals surface area contributed by atoms with Gasteiger partial charge in [-0.1, -0.05) is 38.1 Å². The van der Waals surface area contributed by atoms with Crippen LogP contribution in [0.15, 0.2) is 42.7 Å². The number of hydrogen-bond acceptors (Lipinski definition) is 4. The highest BCUT2D eigenvalue weighted by Crippen LogP contribution is 2.19. The summed E-state index contributed by atoms with van der Waals surface area (Å²) in [6.07, 6.45) is 3.48. The minimum Gasteiger partial charge on any atom is -0.336 e. The van der Waals surface area contributed by atoms with E-state index in [4.69, 9.17) is 0 Å². The fourth-order valence-electron chi connectivity index (χ4n) is 3.99. The molecule has 1 fully saturated rings. The van der Waals surface area contributed by atoms with Gasteiger partial charge in [-0.2, -0.15) is 5.10 Å². The highest BCUT2D eigenvalue weighted by molar-refractivity contribution is 5.96. The zero-order chi connectivity index (χ0) is 21.3. The van der Waals surface area contributed by atoms with Crippen LogP contribution in [-0.4, -0.2) is 56.7 Å². The number of carbonyl (C=O) groups excluding carboxylic acids is 1. The van der Waals surface area contributed by atoms with Crippen LogP contribution in [0.5, 0.6) is 0 Å². The molecule has 1 aliphatic rings. The predicted molar refractivity (Wildman–Crippen MR) is 120 cm³/mol. The fourth-order valence-corrected chi connectivity index (χ4v) is 3.99. The van der Waals surface area contributed by atoms with Gasteiger partial charge in [-0.05, 0) is 37.0 Å². The monoisotopic (exact) mass is 405 g/mol. The third kappa shape index (κ3) is 4.24. The molecule has 30 heavy (non-hydrogen) atoms. The van der Waals surface area contributed by atoms with Crippen LogP contribution < -0.4 is 0 Å². The zero-order valence-corrected chi connectivity index (χ0v) is 18.4. The van der Waals surface area contributed by atoms with Gasteiger partial charge in [-0.25, -0.2) is 9.67 Å². The molecule has 0 N–H and O–H groups in total. The lowest BCUT2D eigenvalue weighted by Crippen LogP contribution is -2.48. The van der Waals surface area contributed by atoms with Crippen LogP contribution in [0.4, 0.5) is 0 Å². The first-order valence-electron chi connectivity index (χ1n) is 10.9. The average Bonchev–Trinajstić information content (AvgIpc) is 3.18. The molecule has 2 aromatic heterocycles. The molecule has 1 amide bonds. The summed E-state index contributed by atoms with van der Waals surface area (Å²) in [6, 6.07) is 11.1. The van der Waals surface area contributed by atoms with Crippen molar-refractivity contribution in [3.8, 4) is 0 Å². The molecule has 3 aromatic rings. The third-order valence-corrected chi connectivity index (χ3v) is 5.88. The van der Waals surface area contributed by atoms with Gasteiger partial charge in [0.2, 0.25) is 0 Å². The predicted octanol–water partition coefficient (Wildman–Crippen LogP) is 4.09. The number of fused-ring (bicyclic) bond motifs is 1. The first-order chi connectivity index (χ1) is 14.4. The Labute approximate surface area is 178 Å². The van der Waals surface area contributed by atoms with Gasteiger partial charge in [-0.15, -0.1) is 0 Å². The summed E-state index contributed by atoms with van der Waals surface area (Å²) in [6.45, 7) is 12.8. The molecule has 0 unspecified atom stereocenters. The molecule has 0 bridgehead atoms. The van der Waals surface area contributed by atoms with Crippen LogP contribution in [0.3, 0.4) is 0 Å². The Morgan fingerprint density at radius 2 is 1.70 bits per heavy atom. The van der Waals surface area contributed by atoms with Gasteiger partial charge in [-0.3, -0.25) is 9.69 Å². The number of piperazine rings is 1. The third-order valence-electron chi connectivity index (χ3n) is 5.88. The maximum Gasteiger partial charge on any atom is 0.255 e. The Kier molecular flexibility index (Phi) is 5.86. The number of carbonyl (C=O) groups is 1. The molecule has 0 atom stereocenters. The molecule has 6 nitrogen and oxygen atoms in total. The van der Waals surface area contributed by atoms with E-state index in [2.05, 4.69) is 66.9 Å². The molecule has 4 rings (SSSR count). The highest BCUT2D eigenvalue weighted by Gasteiger charge is 2.23. The standard InChI is InChI=1S/C24H31N5O/c1-17(2)20-7-5-19(6-8-20)16-27-9-11-28(12-10-27)24(30)22-13-21-15-26-29(18(3)4)23(21)25-14-22/h5-8,13-15,17-18H,9-12,16H2,1-4H3. The van der Waals surface area contributed by atoms with Crippen LogP contribution in [0.25, 0.3) is 11.0 Å². The van der Waals surface area contributed by atoms with Crippen LogP contribution in [0, 0.1) is 0 Å². The topological polar surface area (TPSA) is 54.3 Å². The van der Waals surface area contributed by atoms with Crippen molar-refractivity contribution >= 4 is 16.9 Å². The number of benzene rings is 1. The van der Waals surface area contributed by atoms with Crippen LogP contribution >= 0.6 is 0 Å². The maximum atomic E-state index is 13.0. The molecule has 0 radical (unpaired) electrons. The smallest absolute Gasteiger partial charge is 0.255 e. The Morgan fingerprint density at radius 1 is 1.00 bits per heavy atom. The summed E-state index contributed by atoms with van der Waals surface area (Å²) >= 11 is 0. The van der Waals surface area contributed by atoms with Gasteiger partial charge in [0.05, 0.1) is 11.8 Å². The molecular formula is C24H31N5O. The Morgan fingerprint density at radius 3 is 2.33 bits per heavy atom. The number of rotatable bonds is 5. The molecular weight excluding hydrogens is 374 g/mol. The van der Waals surface area contributed by atoms with Crippen molar-refractivity contribution in [2.75, 3.05) is 26.2 Å². The number of pyridine rings is 1. The lowest BCUT2D eigenvalue weighted by molar-refractivity contribution is 0.0628. The van der Waals surface area contributed by atoms with Gasteiger partial charge >= 0.3 is 0 Å². The van der Waals surface area contributed by atoms with E-state index in [1.165, 1.54) is 11.1 Å². The van der Waals surface area contributed by atoms with Crippen molar-refractivity contribution in [1.29, 1.82) is 0 Å². The summed E-state index contributed by atoms with van der Waals surface area (Å²) in [7, 11) is 0. The van der Waals surface area contributed by atoms with E-state index >= 15 is 0 Å². The van der Waals surface area contributed by atoms with E-state index in [-0.39, 0.29) is 11.9 Å². The lowest BCUT2D eigenvalue weighted by Gasteiger charge is -2.34. The Bertz CT molecular complexity index is 1010. The van der Waals surface area contributed by atoms with Crippen LogP contribution in [0.2, 0.25) is 0 Å². The summed E-state index contributed by atoms with van der Waals surface area (Å²) in [5, 5.41) is 5.31. The zero-order valence-electron chi connectivity index (χ0n) is 18.4. The number of amides is 1. The lowest BCUT2D eigenvalue weighted by atomic mass is 10.0. The van der Waals surface area contributed by atoms with E-state index in [0.29, 0.717) is 11.5 Å². The van der Waals surface area contributed by atoms with Gasteiger partial charge < -0.3 is 4.90 Å². The summed E-state index contributed by atoms with van der Waals surface area (Å²) in [5.41, 5.74) is 4.17. The molecule has 1 aromatic carbocycles. The average molecular weight is 406 g/mol. The quantitative estimate of drug-likeness (QED) is 0.641. The van der Waals surface area contributed by atoms with Crippen LogP contribution in [-0.2, 0) is 6.54 Å². The highest BCUT2D eigenvalue weighted by atomic mass is 16.2. The second kappa shape index (κ2) is 8.56. The first-order valence-corrected chi connectivity index (χ1v) is 10.9. The molecule has 0 spiro atoms. The minimum atomic E-state index is 0.0580. The van der Waals surface area contributed by atoms with Crippen molar-refractivity contribution in [3.05, 3.63) is 59.4 Å². The molecule has 0 aliphatic carbocycles. The SMILES string of the molecule is CC(C)c1ccc(CN2CCN(C(=O)c3cnc4c(cnn4C(C)C)c3)CC2)cc1. The summed E-state index contributed by atoms with van der Waals surface area (Å²) < 4.78 is 1.88. The van der Waals surface area contributed by atoms with Crippen molar-refractivity contribution in [2.45, 2.75) is 46.2 Å². The fraction of sp³-hybridized carbons (Fsp3) is 0.458. The number of nitrogens with zero attached hydrogens (tertiary/aromatic N) is 5. The Hall–Kier alpha value is -2.73.